The van der Waals surface area contributed by atoms with Crippen LogP contribution >= 0.6 is 23.7 Å². The Morgan fingerprint density at radius 3 is 1.23 bits per heavy atom. The van der Waals surface area contributed by atoms with Crippen LogP contribution in [0.15, 0.2) is 4.52 Å². The summed E-state index contributed by atoms with van der Waals surface area (Å²) in [5, 5.41) is 0. The first-order valence-electron chi connectivity index (χ1n) is 11.4. The molecule has 1 heterocycles. The second-order valence-electron chi connectivity index (χ2n) is 7.11. The topological polar surface area (TPSA) is 91.8 Å². The standard InChI is InChI=1S/C18H44N3O6P3/c1-7-13-22-29(23-14-8-2,24-15-9-3)19-28-20-30(21-29,25-16-10-4,26-17-11-5)27-18-12-6/h21H,7-18H2,1-6H3,(H,19,20). The third-order valence-corrected chi connectivity index (χ3v) is 13.8. The van der Waals surface area contributed by atoms with E-state index in [1.165, 1.54) is 0 Å². The van der Waals surface area contributed by atoms with Gasteiger partial charge in [-0.25, -0.2) is 0 Å². The Kier molecular flexibility index (Phi) is 12.8. The van der Waals surface area contributed by atoms with Crippen LogP contribution in [0.5, 0.6) is 0 Å². The van der Waals surface area contributed by atoms with Gasteiger partial charge in [0.1, 0.15) is 0 Å². The fourth-order valence-electron chi connectivity index (χ4n) is 2.59. The number of rotatable bonds is 18. The molecule has 0 aromatic rings. The molecule has 30 heavy (non-hydrogen) atoms. The Labute approximate surface area is 185 Å². The van der Waals surface area contributed by atoms with Crippen LogP contribution < -0.4 is 9.72 Å². The minimum absolute atomic E-state index is 0.430. The van der Waals surface area contributed by atoms with Gasteiger partial charge in [-0.3, -0.25) is 0 Å². The molecule has 0 spiro atoms. The number of hydrogen-bond acceptors (Lipinski definition) is 9. The predicted molar refractivity (Wildman–Crippen MR) is 127 cm³/mol. The molecule has 1 aliphatic heterocycles. The second kappa shape index (κ2) is 13.4. The normalized spacial score (nSPS) is 24.3. The van der Waals surface area contributed by atoms with Crippen molar-refractivity contribution in [3.8, 4) is 0 Å². The zero-order valence-corrected chi connectivity index (χ0v) is 22.4. The van der Waals surface area contributed by atoms with E-state index in [9.17, 15) is 0 Å². The van der Waals surface area contributed by atoms with Crippen molar-refractivity contribution >= 4 is 23.7 Å². The molecule has 0 aromatic heterocycles. The van der Waals surface area contributed by atoms with Gasteiger partial charge in [0.2, 0.25) is 0 Å². The van der Waals surface area contributed by atoms with Crippen LogP contribution in [0, 0.1) is 0 Å². The Hall–Kier alpha value is 0.640. The molecule has 0 saturated heterocycles. The van der Waals surface area contributed by atoms with Gasteiger partial charge in [-0.1, -0.05) is 0 Å². The first-order chi connectivity index (χ1) is 14.4. The average molecular weight is 491 g/mol. The average Bonchev–Trinajstić information content (AvgIpc) is 2.77. The number of hydrogen-bond donors (Lipinski definition) is 2. The third-order valence-electron chi connectivity index (χ3n) is 3.91. The minimum atomic E-state index is -4.17. The van der Waals surface area contributed by atoms with E-state index in [4.69, 9.17) is 31.7 Å². The van der Waals surface area contributed by atoms with Gasteiger partial charge in [0.05, 0.1) is 0 Å². The monoisotopic (exact) mass is 491 g/mol. The molecule has 0 fully saturated rings. The van der Waals surface area contributed by atoms with Crippen LogP contribution in [0.1, 0.15) is 80.1 Å². The van der Waals surface area contributed by atoms with Crippen LogP contribution in [-0.2, 0) is 27.1 Å². The van der Waals surface area contributed by atoms with Crippen LogP contribution in [0.25, 0.3) is 0 Å². The zero-order valence-electron chi connectivity index (χ0n) is 19.7. The number of nitrogens with zero attached hydrogens (tertiary/aromatic N) is 1. The van der Waals surface area contributed by atoms with E-state index in [0.717, 1.165) is 38.5 Å². The molecule has 0 unspecified atom stereocenters. The molecule has 12 heteroatoms. The summed E-state index contributed by atoms with van der Waals surface area (Å²) < 4.78 is 43.2. The molecule has 0 aliphatic carbocycles. The van der Waals surface area contributed by atoms with Crippen LogP contribution in [-0.4, -0.2) is 39.6 Å². The fraction of sp³-hybridized carbons (Fsp3) is 1.00. The number of nitrogens with one attached hydrogen (secondary N) is 2. The summed E-state index contributed by atoms with van der Waals surface area (Å²) in [6, 6.07) is 0. The fourth-order valence-corrected chi connectivity index (χ4v) is 14.0. The molecule has 182 valence electrons. The van der Waals surface area contributed by atoms with E-state index in [0.29, 0.717) is 48.2 Å². The van der Waals surface area contributed by atoms with E-state index >= 15 is 0 Å². The summed E-state index contributed by atoms with van der Waals surface area (Å²) in [4.78, 5) is 6.77. The molecule has 0 bridgehead atoms. The SMILES string of the molecule is CCCOP1(OCCC)(OCCC)N=PNP(OCCC)(OCCC)(OCCC)N1. The van der Waals surface area contributed by atoms with Crippen molar-refractivity contribution < 1.29 is 27.1 Å². The Morgan fingerprint density at radius 1 is 0.567 bits per heavy atom. The van der Waals surface area contributed by atoms with Crippen molar-refractivity contribution in [1.29, 1.82) is 0 Å². The first kappa shape index (κ1) is 28.7. The van der Waals surface area contributed by atoms with Gasteiger partial charge >= 0.3 is 185 Å². The van der Waals surface area contributed by atoms with Gasteiger partial charge in [0.25, 0.3) is 0 Å². The van der Waals surface area contributed by atoms with E-state index < -0.39 is 15.2 Å². The van der Waals surface area contributed by atoms with Crippen LogP contribution in [0.3, 0.4) is 0 Å². The molecule has 0 amide bonds. The molecular weight excluding hydrogens is 447 g/mol. The molecule has 1 rings (SSSR count). The quantitative estimate of drug-likeness (QED) is 0.197. The molecular formula is C18H44N3O6P3. The van der Waals surface area contributed by atoms with Crippen LogP contribution in [0.4, 0.5) is 0 Å². The van der Waals surface area contributed by atoms with E-state index in [-0.39, 0.29) is 0 Å². The summed E-state index contributed by atoms with van der Waals surface area (Å²) in [5.41, 5.74) is 0. The van der Waals surface area contributed by atoms with Crippen molar-refractivity contribution in [1.82, 2.24) is 9.72 Å². The van der Waals surface area contributed by atoms with Gasteiger partial charge in [0.15, 0.2) is 0 Å². The maximum atomic E-state index is 6.42. The molecule has 2 N–H and O–H groups in total. The Morgan fingerprint density at radius 2 is 0.900 bits per heavy atom. The zero-order chi connectivity index (χ0) is 22.5. The van der Waals surface area contributed by atoms with Crippen molar-refractivity contribution in [2.45, 2.75) is 80.1 Å². The summed E-state index contributed by atoms with van der Waals surface area (Å²) in [7, 11) is -7.76. The molecule has 0 saturated carbocycles. The molecule has 0 aromatic carbocycles. The van der Waals surface area contributed by atoms with Gasteiger partial charge in [0, 0.05) is 0 Å². The molecule has 9 nitrogen and oxygen atoms in total. The predicted octanol–water partition coefficient (Wildman–Crippen LogP) is 7.04. The molecule has 0 atom stereocenters. The van der Waals surface area contributed by atoms with E-state index in [1.807, 2.05) is 41.5 Å². The van der Waals surface area contributed by atoms with Crippen molar-refractivity contribution in [3.05, 3.63) is 0 Å². The summed E-state index contributed by atoms with van der Waals surface area (Å²) in [6.07, 6.45) is 4.79. The first-order valence-corrected chi connectivity index (χ1v) is 16.1. The van der Waals surface area contributed by atoms with Crippen molar-refractivity contribution in [2.75, 3.05) is 39.6 Å². The van der Waals surface area contributed by atoms with Crippen molar-refractivity contribution in [3.63, 3.8) is 0 Å². The Balaban J connectivity index is 3.59. The molecule has 1 aliphatic rings. The van der Waals surface area contributed by atoms with Gasteiger partial charge in [-0.05, 0) is 0 Å². The second-order valence-corrected chi connectivity index (χ2v) is 14.6. The van der Waals surface area contributed by atoms with Gasteiger partial charge in [-0.15, -0.1) is 0 Å². The van der Waals surface area contributed by atoms with Gasteiger partial charge in [-0.2, -0.15) is 0 Å². The van der Waals surface area contributed by atoms with Crippen LogP contribution in [0.2, 0.25) is 0 Å². The van der Waals surface area contributed by atoms with E-state index in [1.54, 1.807) is 0 Å². The maximum absolute atomic E-state index is 6.42. The van der Waals surface area contributed by atoms with Gasteiger partial charge < -0.3 is 0 Å². The summed E-state index contributed by atoms with van der Waals surface area (Å²) in [5.74, 6) is 0. The molecule has 0 radical (unpaired) electrons. The van der Waals surface area contributed by atoms with Crippen molar-refractivity contribution in [2.24, 2.45) is 4.52 Å². The van der Waals surface area contributed by atoms with E-state index in [2.05, 4.69) is 9.72 Å². The Bertz CT molecular complexity index is 480. The summed E-state index contributed by atoms with van der Waals surface area (Å²) in [6.45, 7) is 14.9. The summed E-state index contributed by atoms with van der Waals surface area (Å²) >= 11 is 0. The third kappa shape index (κ3) is 7.33.